The Hall–Kier alpha value is -1.95. The van der Waals surface area contributed by atoms with Crippen molar-refractivity contribution in [3.8, 4) is 0 Å². The second-order valence-electron chi connectivity index (χ2n) is 5.36. The van der Waals surface area contributed by atoms with Crippen LogP contribution in [0.2, 0.25) is 0 Å². The lowest BCUT2D eigenvalue weighted by Crippen LogP contribution is -2.32. The van der Waals surface area contributed by atoms with Gasteiger partial charge in [0.1, 0.15) is 0 Å². The van der Waals surface area contributed by atoms with Gasteiger partial charge in [-0.2, -0.15) is 0 Å². The molecule has 21 heavy (non-hydrogen) atoms. The predicted molar refractivity (Wildman–Crippen MR) is 80.0 cm³/mol. The van der Waals surface area contributed by atoms with Crippen LogP contribution < -0.4 is 10.6 Å². The lowest BCUT2D eigenvalue weighted by molar-refractivity contribution is -0.384. The molecule has 2 rings (SSSR count). The van der Waals surface area contributed by atoms with Crippen molar-refractivity contribution in [3.63, 3.8) is 0 Å². The number of rotatable bonds is 7. The van der Waals surface area contributed by atoms with Gasteiger partial charge in [0.05, 0.1) is 10.8 Å². The van der Waals surface area contributed by atoms with Gasteiger partial charge in [-0.3, -0.25) is 14.9 Å². The molecule has 1 aliphatic rings. The first kappa shape index (κ1) is 15.4. The average molecular weight is 291 g/mol. The predicted octanol–water partition coefficient (Wildman–Crippen LogP) is 1.64. The first-order valence-corrected chi connectivity index (χ1v) is 7.38. The molecule has 0 bridgehead atoms. The van der Waals surface area contributed by atoms with Gasteiger partial charge in [0.2, 0.25) is 5.91 Å². The number of hydrogen-bond acceptors (Lipinski definition) is 4. The Balaban J connectivity index is 1.61. The molecule has 1 heterocycles. The molecule has 0 aromatic heterocycles. The molecule has 1 fully saturated rings. The van der Waals surface area contributed by atoms with E-state index >= 15 is 0 Å². The molecule has 6 heteroatoms. The lowest BCUT2D eigenvalue weighted by atomic mass is 10.1. The Bertz CT molecular complexity index is 481. The number of hydrogen-bond donors (Lipinski definition) is 2. The fourth-order valence-electron chi connectivity index (χ4n) is 2.47. The molecule has 1 unspecified atom stereocenters. The van der Waals surface area contributed by atoms with Gasteiger partial charge in [-0.15, -0.1) is 0 Å². The van der Waals surface area contributed by atoms with E-state index in [-0.39, 0.29) is 17.5 Å². The van der Waals surface area contributed by atoms with E-state index in [1.165, 1.54) is 12.1 Å². The van der Waals surface area contributed by atoms with Gasteiger partial charge in [0.15, 0.2) is 0 Å². The zero-order valence-electron chi connectivity index (χ0n) is 12.0. The molecular formula is C15H21N3O3. The highest BCUT2D eigenvalue weighted by Crippen LogP contribution is 2.13. The van der Waals surface area contributed by atoms with Gasteiger partial charge in [-0.05, 0) is 37.8 Å². The Kier molecular flexibility index (Phi) is 5.68. The van der Waals surface area contributed by atoms with Crippen molar-refractivity contribution >= 4 is 11.6 Å². The van der Waals surface area contributed by atoms with Crippen LogP contribution in [0.25, 0.3) is 0 Å². The summed E-state index contributed by atoms with van der Waals surface area (Å²) < 4.78 is 0. The topological polar surface area (TPSA) is 84.3 Å². The quantitative estimate of drug-likeness (QED) is 0.454. The van der Waals surface area contributed by atoms with Crippen LogP contribution in [0.5, 0.6) is 0 Å². The summed E-state index contributed by atoms with van der Waals surface area (Å²) in [7, 11) is 0. The summed E-state index contributed by atoms with van der Waals surface area (Å²) in [6.45, 7) is 2.41. The number of nitrogens with one attached hydrogen (secondary N) is 2. The molecule has 1 saturated heterocycles. The monoisotopic (exact) mass is 291 g/mol. The molecule has 0 radical (unpaired) electrons. The number of carbonyl (C=O) groups excluding carboxylic acids is 1. The number of non-ortho nitro benzene ring substituents is 1. The van der Waals surface area contributed by atoms with Crippen molar-refractivity contribution in [2.75, 3.05) is 19.6 Å². The second-order valence-corrected chi connectivity index (χ2v) is 5.36. The number of aryl methyl sites for hydroxylation is 1. The van der Waals surface area contributed by atoms with E-state index in [1.54, 1.807) is 12.1 Å². The molecule has 6 nitrogen and oxygen atoms in total. The summed E-state index contributed by atoms with van der Waals surface area (Å²) in [4.78, 5) is 21.9. The number of nitrogens with zero attached hydrogens (tertiary/aromatic N) is 1. The van der Waals surface area contributed by atoms with Crippen LogP contribution in [-0.4, -0.2) is 30.5 Å². The third kappa shape index (κ3) is 4.82. The maximum atomic E-state index is 11.8. The summed E-state index contributed by atoms with van der Waals surface area (Å²) in [5, 5.41) is 16.7. The number of nitro groups is 1. The van der Waals surface area contributed by atoms with Crippen LogP contribution in [0.1, 0.15) is 24.8 Å². The molecule has 1 aromatic rings. The molecule has 1 atom stereocenters. The number of benzene rings is 1. The molecule has 2 N–H and O–H groups in total. The maximum Gasteiger partial charge on any atom is 0.269 e. The fraction of sp³-hybridized carbons (Fsp3) is 0.533. The van der Waals surface area contributed by atoms with Crippen molar-refractivity contribution in [2.24, 2.45) is 5.92 Å². The Labute approximate surface area is 124 Å². The third-order valence-electron chi connectivity index (χ3n) is 3.77. The second kappa shape index (κ2) is 7.73. The summed E-state index contributed by atoms with van der Waals surface area (Å²) in [5.74, 6) is 0.273. The minimum absolute atomic E-state index is 0.121. The van der Waals surface area contributed by atoms with Crippen LogP contribution in [0.15, 0.2) is 24.3 Å². The molecule has 1 amide bonds. The maximum absolute atomic E-state index is 11.8. The van der Waals surface area contributed by atoms with Crippen molar-refractivity contribution in [3.05, 3.63) is 39.9 Å². The number of amides is 1. The van der Waals surface area contributed by atoms with Crippen LogP contribution in [-0.2, 0) is 11.2 Å². The molecule has 0 saturated carbocycles. The SMILES string of the molecule is O=C(NCCCCc1ccc([N+](=O)[O-])cc1)C1CCNC1. The van der Waals surface area contributed by atoms with E-state index in [4.69, 9.17) is 0 Å². The largest absolute Gasteiger partial charge is 0.356 e. The average Bonchev–Trinajstić information content (AvgIpc) is 3.01. The van der Waals surface area contributed by atoms with E-state index in [0.29, 0.717) is 6.54 Å². The fourth-order valence-corrected chi connectivity index (χ4v) is 2.47. The van der Waals surface area contributed by atoms with Crippen molar-refractivity contribution in [1.29, 1.82) is 0 Å². The first-order chi connectivity index (χ1) is 10.2. The number of nitro benzene ring substituents is 1. The number of carbonyl (C=O) groups is 1. The minimum Gasteiger partial charge on any atom is -0.356 e. The van der Waals surface area contributed by atoms with Gasteiger partial charge < -0.3 is 10.6 Å². The highest BCUT2D eigenvalue weighted by atomic mass is 16.6. The van der Waals surface area contributed by atoms with Gasteiger partial charge in [0.25, 0.3) is 5.69 Å². The van der Waals surface area contributed by atoms with Gasteiger partial charge in [0, 0.05) is 25.2 Å². The van der Waals surface area contributed by atoms with E-state index in [0.717, 1.165) is 44.3 Å². The van der Waals surface area contributed by atoms with E-state index < -0.39 is 4.92 Å². The van der Waals surface area contributed by atoms with Gasteiger partial charge >= 0.3 is 0 Å². The van der Waals surface area contributed by atoms with Crippen molar-refractivity contribution in [1.82, 2.24) is 10.6 Å². The van der Waals surface area contributed by atoms with E-state index in [1.807, 2.05) is 0 Å². The molecular weight excluding hydrogens is 270 g/mol. The van der Waals surface area contributed by atoms with Crippen LogP contribution in [0.3, 0.4) is 0 Å². The van der Waals surface area contributed by atoms with Crippen LogP contribution in [0, 0.1) is 16.0 Å². The molecule has 1 aliphatic heterocycles. The zero-order chi connectivity index (χ0) is 15.1. The summed E-state index contributed by atoms with van der Waals surface area (Å²) >= 11 is 0. The Morgan fingerprint density at radius 2 is 2.10 bits per heavy atom. The Morgan fingerprint density at radius 3 is 2.71 bits per heavy atom. The lowest BCUT2D eigenvalue weighted by Gasteiger charge is -2.09. The van der Waals surface area contributed by atoms with E-state index in [9.17, 15) is 14.9 Å². The third-order valence-corrected chi connectivity index (χ3v) is 3.77. The van der Waals surface area contributed by atoms with Crippen LogP contribution in [0.4, 0.5) is 5.69 Å². The summed E-state index contributed by atoms with van der Waals surface area (Å²) in [5.41, 5.74) is 1.21. The highest BCUT2D eigenvalue weighted by molar-refractivity contribution is 5.79. The zero-order valence-corrected chi connectivity index (χ0v) is 12.0. The molecule has 114 valence electrons. The molecule has 1 aromatic carbocycles. The standard InChI is InChI=1S/C15H21N3O3/c19-15(13-8-10-16-11-13)17-9-2-1-3-12-4-6-14(7-5-12)18(20)21/h4-7,13,16H,1-3,8-11H2,(H,17,19). The molecule has 0 aliphatic carbocycles. The van der Waals surface area contributed by atoms with Crippen molar-refractivity contribution in [2.45, 2.75) is 25.7 Å². The van der Waals surface area contributed by atoms with Gasteiger partial charge in [-0.1, -0.05) is 12.1 Å². The summed E-state index contributed by atoms with van der Waals surface area (Å²) in [6.07, 6.45) is 3.68. The summed E-state index contributed by atoms with van der Waals surface area (Å²) in [6, 6.07) is 6.65. The normalized spacial score (nSPS) is 17.6. The van der Waals surface area contributed by atoms with Crippen LogP contribution >= 0.6 is 0 Å². The molecule has 0 spiro atoms. The number of unbranched alkanes of at least 4 members (excludes halogenated alkanes) is 1. The van der Waals surface area contributed by atoms with Gasteiger partial charge in [-0.25, -0.2) is 0 Å². The highest BCUT2D eigenvalue weighted by Gasteiger charge is 2.21. The minimum atomic E-state index is -0.392. The smallest absolute Gasteiger partial charge is 0.269 e. The Morgan fingerprint density at radius 1 is 1.33 bits per heavy atom. The van der Waals surface area contributed by atoms with E-state index in [2.05, 4.69) is 10.6 Å². The first-order valence-electron chi connectivity index (χ1n) is 7.38. The van der Waals surface area contributed by atoms with Crippen molar-refractivity contribution < 1.29 is 9.72 Å².